The van der Waals surface area contributed by atoms with Crippen molar-refractivity contribution in [2.75, 3.05) is 14.2 Å². The molecule has 0 unspecified atom stereocenters. The van der Waals surface area contributed by atoms with E-state index in [1.54, 1.807) is 6.07 Å². The molecule has 2 rings (SSSR count). The van der Waals surface area contributed by atoms with Gasteiger partial charge >= 0.3 is 5.97 Å². The molecule has 8 heteroatoms. The van der Waals surface area contributed by atoms with Crippen LogP contribution in [-0.4, -0.2) is 37.1 Å². The Bertz CT molecular complexity index is 819. The van der Waals surface area contributed by atoms with E-state index in [4.69, 9.17) is 14.6 Å². The van der Waals surface area contributed by atoms with E-state index in [1.165, 1.54) is 50.6 Å². The highest BCUT2D eigenvalue weighted by atomic mass is 16.5. The van der Waals surface area contributed by atoms with Crippen molar-refractivity contribution in [3.8, 4) is 11.5 Å². The highest BCUT2D eigenvalue weighted by Crippen LogP contribution is 2.27. The van der Waals surface area contributed by atoms with Crippen LogP contribution < -0.4 is 20.3 Å². The highest BCUT2D eigenvalue weighted by molar-refractivity contribution is 6.05. The molecule has 0 bridgehead atoms. The third-order valence-electron chi connectivity index (χ3n) is 3.34. The second-order valence-corrected chi connectivity index (χ2v) is 4.83. The van der Waals surface area contributed by atoms with Gasteiger partial charge in [-0.2, -0.15) is 0 Å². The number of hydrogen-bond donors (Lipinski definition) is 3. The Labute approximate surface area is 143 Å². The van der Waals surface area contributed by atoms with Crippen molar-refractivity contribution in [2.24, 2.45) is 0 Å². The topological polar surface area (TPSA) is 114 Å². The van der Waals surface area contributed by atoms with Crippen molar-refractivity contribution in [3.05, 3.63) is 59.2 Å². The minimum absolute atomic E-state index is 0.0670. The lowest BCUT2D eigenvalue weighted by atomic mass is 10.1. The van der Waals surface area contributed by atoms with E-state index < -0.39 is 17.8 Å². The lowest BCUT2D eigenvalue weighted by Gasteiger charge is -2.11. The molecule has 2 amide bonds. The molecule has 3 N–H and O–H groups in total. The van der Waals surface area contributed by atoms with Gasteiger partial charge in [0.05, 0.1) is 25.3 Å². The van der Waals surface area contributed by atoms with Crippen LogP contribution >= 0.6 is 0 Å². The van der Waals surface area contributed by atoms with Crippen molar-refractivity contribution in [1.29, 1.82) is 0 Å². The maximum absolute atomic E-state index is 12.1. The predicted octanol–water partition coefficient (Wildman–Crippen LogP) is 1.48. The van der Waals surface area contributed by atoms with Crippen LogP contribution in [0.5, 0.6) is 11.5 Å². The maximum atomic E-state index is 12.1. The van der Waals surface area contributed by atoms with Crippen LogP contribution in [0.1, 0.15) is 31.1 Å². The smallest absolute Gasteiger partial charge is 0.336 e. The summed E-state index contributed by atoms with van der Waals surface area (Å²) in [6, 6.07) is 10.2. The second-order valence-electron chi connectivity index (χ2n) is 4.83. The van der Waals surface area contributed by atoms with Crippen molar-refractivity contribution in [2.45, 2.75) is 0 Å². The zero-order valence-electron chi connectivity index (χ0n) is 13.5. The first-order chi connectivity index (χ1) is 12.0. The van der Waals surface area contributed by atoms with E-state index in [9.17, 15) is 14.4 Å². The quantitative estimate of drug-likeness (QED) is 0.708. The summed E-state index contributed by atoms with van der Waals surface area (Å²) in [5, 5.41) is 9.08. The number of amides is 2. The van der Waals surface area contributed by atoms with Gasteiger partial charge in [-0.05, 0) is 30.3 Å². The molecular weight excluding hydrogens is 328 g/mol. The third kappa shape index (κ3) is 4.05. The number of nitrogens with one attached hydrogen (secondary N) is 2. The lowest BCUT2D eigenvalue weighted by molar-refractivity contribution is 0.0690. The minimum atomic E-state index is -1.24. The molecule has 2 aromatic carbocycles. The molecule has 2 aromatic rings. The Morgan fingerprint density at radius 1 is 0.840 bits per heavy atom. The molecule has 0 heterocycles. The summed E-state index contributed by atoms with van der Waals surface area (Å²) >= 11 is 0. The fourth-order valence-corrected chi connectivity index (χ4v) is 2.10. The van der Waals surface area contributed by atoms with Gasteiger partial charge in [0.25, 0.3) is 11.8 Å². The van der Waals surface area contributed by atoms with Crippen molar-refractivity contribution in [3.63, 3.8) is 0 Å². The number of aromatic carboxylic acids is 1. The number of methoxy groups -OCH3 is 2. The minimum Gasteiger partial charge on any atom is -0.493 e. The summed E-state index contributed by atoms with van der Waals surface area (Å²) in [6.45, 7) is 0. The molecule has 0 saturated carbocycles. The van der Waals surface area contributed by atoms with Crippen LogP contribution in [0.4, 0.5) is 0 Å². The van der Waals surface area contributed by atoms with Crippen molar-refractivity contribution in [1.82, 2.24) is 10.9 Å². The molecule has 0 atom stereocenters. The predicted molar refractivity (Wildman–Crippen MR) is 87.9 cm³/mol. The van der Waals surface area contributed by atoms with Gasteiger partial charge < -0.3 is 14.6 Å². The number of benzene rings is 2. The number of hydrazine groups is 1. The normalized spacial score (nSPS) is 9.84. The molecular formula is C17H16N2O6. The monoisotopic (exact) mass is 344 g/mol. The van der Waals surface area contributed by atoms with E-state index >= 15 is 0 Å². The second kappa shape index (κ2) is 7.82. The Kier molecular flexibility index (Phi) is 5.57. The Morgan fingerprint density at radius 2 is 1.44 bits per heavy atom. The van der Waals surface area contributed by atoms with Crippen LogP contribution in [-0.2, 0) is 0 Å². The van der Waals surface area contributed by atoms with Crippen LogP contribution in [0.15, 0.2) is 42.5 Å². The molecule has 0 fully saturated rings. The lowest BCUT2D eigenvalue weighted by Crippen LogP contribution is -2.42. The molecule has 8 nitrogen and oxygen atoms in total. The molecule has 0 radical (unpaired) electrons. The molecule has 0 aromatic heterocycles. The fourth-order valence-electron chi connectivity index (χ4n) is 2.10. The zero-order valence-corrected chi connectivity index (χ0v) is 13.5. The Morgan fingerprint density at radius 3 is 2.04 bits per heavy atom. The number of ether oxygens (including phenoxy) is 2. The van der Waals surface area contributed by atoms with Crippen LogP contribution in [0.25, 0.3) is 0 Å². The van der Waals surface area contributed by atoms with Gasteiger partial charge in [0.1, 0.15) is 0 Å². The first-order valence-corrected chi connectivity index (χ1v) is 7.13. The summed E-state index contributed by atoms with van der Waals surface area (Å²) in [5.41, 5.74) is 4.40. The van der Waals surface area contributed by atoms with E-state index in [0.717, 1.165) is 0 Å². The van der Waals surface area contributed by atoms with Gasteiger partial charge in [-0.3, -0.25) is 20.4 Å². The number of carbonyl (C=O) groups excluding carboxylic acids is 2. The van der Waals surface area contributed by atoms with Crippen molar-refractivity contribution >= 4 is 17.8 Å². The Balaban J connectivity index is 2.10. The van der Waals surface area contributed by atoms with Gasteiger partial charge in [-0.25, -0.2) is 4.79 Å². The maximum Gasteiger partial charge on any atom is 0.336 e. The first kappa shape index (κ1) is 17.8. The van der Waals surface area contributed by atoms with E-state index in [2.05, 4.69) is 10.9 Å². The van der Waals surface area contributed by atoms with E-state index in [-0.39, 0.29) is 16.7 Å². The number of rotatable bonds is 5. The molecule has 25 heavy (non-hydrogen) atoms. The van der Waals surface area contributed by atoms with Gasteiger partial charge in [-0.1, -0.05) is 12.1 Å². The van der Waals surface area contributed by atoms with Crippen LogP contribution in [0.3, 0.4) is 0 Å². The largest absolute Gasteiger partial charge is 0.493 e. The molecule has 0 saturated heterocycles. The first-order valence-electron chi connectivity index (χ1n) is 7.13. The SMILES string of the molecule is COc1ccc(C(=O)NNC(=O)c2ccccc2C(=O)O)cc1OC. The van der Waals surface area contributed by atoms with Crippen molar-refractivity contribution < 1.29 is 29.0 Å². The average Bonchev–Trinajstić information content (AvgIpc) is 2.65. The molecule has 0 aliphatic rings. The third-order valence-corrected chi connectivity index (χ3v) is 3.34. The summed E-state index contributed by atoms with van der Waals surface area (Å²) < 4.78 is 10.2. The molecule has 0 spiro atoms. The Hall–Kier alpha value is -3.55. The van der Waals surface area contributed by atoms with Gasteiger partial charge in [-0.15, -0.1) is 0 Å². The number of carbonyl (C=O) groups is 3. The van der Waals surface area contributed by atoms with E-state index in [1.807, 2.05) is 0 Å². The van der Waals surface area contributed by atoms with Crippen LogP contribution in [0, 0.1) is 0 Å². The molecule has 0 aliphatic carbocycles. The molecule has 0 aliphatic heterocycles. The standard InChI is InChI=1S/C17H16N2O6/c1-24-13-8-7-10(9-14(13)25-2)15(20)18-19-16(21)11-5-3-4-6-12(11)17(22)23/h3-9H,1-2H3,(H,18,20)(H,19,21)(H,22,23). The van der Waals surface area contributed by atoms with Gasteiger partial charge in [0.2, 0.25) is 0 Å². The van der Waals surface area contributed by atoms with E-state index in [0.29, 0.717) is 11.5 Å². The van der Waals surface area contributed by atoms with Gasteiger partial charge in [0.15, 0.2) is 11.5 Å². The summed E-state index contributed by atoms with van der Waals surface area (Å²) in [6.07, 6.45) is 0. The summed E-state index contributed by atoms with van der Waals surface area (Å²) in [7, 11) is 2.90. The molecule has 130 valence electrons. The van der Waals surface area contributed by atoms with Crippen LogP contribution in [0.2, 0.25) is 0 Å². The summed E-state index contributed by atoms with van der Waals surface area (Å²) in [5.74, 6) is -1.76. The average molecular weight is 344 g/mol. The number of hydrogen-bond acceptors (Lipinski definition) is 5. The summed E-state index contributed by atoms with van der Waals surface area (Å²) in [4.78, 5) is 35.3. The number of carboxylic acid groups (broad SMARTS) is 1. The zero-order chi connectivity index (χ0) is 18.4. The fraction of sp³-hybridized carbons (Fsp3) is 0.118. The highest BCUT2D eigenvalue weighted by Gasteiger charge is 2.17. The van der Waals surface area contributed by atoms with Gasteiger partial charge in [0, 0.05) is 5.56 Å². The number of carboxylic acids is 1.